The first kappa shape index (κ1) is 17.7. The Morgan fingerprint density at radius 3 is 2.46 bits per heavy atom. The van der Waals surface area contributed by atoms with Crippen LogP contribution >= 0.6 is 0 Å². The van der Waals surface area contributed by atoms with Crippen molar-refractivity contribution in [2.24, 2.45) is 0 Å². The summed E-state index contributed by atoms with van der Waals surface area (Å²) in [6, 6.07) is 11.5. The first-order chi connectivity index (χ1) is 11.3. The van der Waals surface area contributed by atoms with Crippen LogP contribution in [0.1, 0.15) is 40.0 Å². The van der Waals surface area contributed by atoms with Gasteiger partial charge in [-0.1, -0.05) is 30.3 Å². The number of hydrogen-bond donors (Lipinski definition) is 1. The fourth-order valence-electron chi connectivity index (χ4n) is 2.62. The molecule has 0 unspecified atom stereocenters. The number of nitrogens with zero attached hydrogens (tertiary/aromatic N) is 1. The Hall–Kier alpha value is -2.69. The molecule has 0 bridgehead atoms. The summed E-state index contributed by atoms with van der Waals surface area (Å²) in [4.78, 5) is 24.9. The Kier molecular flexibility index (Phi) is 5.34. The summed E-state index contributed by atoms with van der Waals surface area (Å²) in [5.41, 5.74) is 2.21. The molecule has 24 heavy (non-hydrogen) atoms. The van der Waals surface area contributed by atoms with E-state index in [1.54, 1.807) is 11.9 Å². The van der Waals surface area contributed by atoms with Gasteiger partial charge >= 0.3 is 5.97 Å². The molecule has 0 saturated carbocycles. The average molecular weight is 329 g/mol. The third kappa shape index (κ3) is 3.79. The van der Waals surface area contributed by atoms with Crippen molar-refractivity contribution in [2.75, 3.05) is 7.05 Å². The Morgan fingerprint density at radius 2 is 1.88 bits per heavy atom. The van der Waals surface area contributed by atoms with E-state index in [1.807, 2.05) is 38.1 Å². The zero-order chi connectivity index (χ0) is 17.9. The van der Waals surface area contributed by atoms with Crippen molar-refractivity contribution in [1.29, 1.82) is 0 Å². The van der Waals surface area contributed by atoms with Gasteiger partial charge in [0.1, 0.15) is 5.82 Å². The molecular formula is C19H20FNO3. The van der Waals surface area contributed by atoms with Crippen LogP contribution in [0.5, 0.6) is 0 Å². The zero-order valence-corrected chi connectivity index (χ0v) is 13.9. The predicted molar refractivity (Wildman–Crippen MR) is 89.4 cm³/mol. The van der Waals surface area contributed by atoms with Crippen LogP contribution in [0.25, 0.3) is 0 Å². The molecule has 0 aliphatic rings. The maximum Gasteiger partial charge on any atom is 0.338 e. The molecule has 0 fully saturated rings. The van der Waals surface area contributed by atoms with Crippen molar-refractivity contribution in [1.82, 2.24) is 4.90 Å². The normalized spacial score (nSPS) is 11.8. The van der Waals surface area contributed by atoms with Gasteiger partial charge in [-0.05, 0) is 42.7 Å². The summed E-state index contributed by atoms with van der Waals surface area (Å²) in [5.74, 6) is -2.31. The Balaban J connectivity index is 2.13. The van der Waals surface area contributed by atoms with Crippen LogP contribution in [0.15, 0.2) is 42.5 Å². The van der Waals surface area contributed by atoms with E-state index in [4.69, 9.17) is 5.11 Å². The fraction of sp³-hybridized carbons (Fsp3) is 0.263. The van der Waals surface area contributed by atoms with Crippen molar-refractivity contribution >= 4 is 11.9 Å². The number of rotatable bonds is 5. The lowest BCUT2D eigenvalue weighted by Crippen LogP contribution is -2.31. The maximum absolute atomic E-state index is 13.7. The number of carbonyl (C=O) groups excluding carboxylic acids is 1. The van der Waals surface area contributed by atoms with Gasteiger partial charge in [0.05, 0.1) is 18.0 Å². The first-order valence-electron chi connectivity index (χ1n) is 7.64. The molecule has 2 aromatic carbocycles. The smallest absolute Gasteiger partial charge is 0.338 e. The molecular weight excluding hydrogens is 309 g/mol. The highest BCUT2D eigenvalue weighted by Gasteiger charge is 2.19. The molecule has 0 aliphatic carbocycles. The van der Waals surface area contributed by atoms with Crippen LogP contribution in [0.4, 0.5) is 4.39 Å². The van der Waals surface area contributed by atoms with Gasteiger partial charge in [0.2, 0.25) is 5.91 Å². The highest BCUT2D eigenvalue weighted by molar-refractivity contribution is 5.88. The standard InChI is InChI=1S/C19H20FNO3/c1-12-6-4-5-7-15(12)13(2)21(3)18(22)11-14-8-9-16(19(23)24)17(20)10-14/h4-10,13H,11H2,1-3H3,(H,23,24)/t13-/m0/s1. The molecule has 0 heterocycles. The fourth-order valence-corrected chi connectivity index (χ4v) is 2.62. The second-order valence-electron chi connectivity index (χ2n) is 5.83. The molecule has 0 aromatic heterocycles. The lowest BCUT2D eigenvalue weighted by molar-refractivity contribution is -0.131. The molecule has 4 nitrogen and oxygen atoms in total. The summed E-state index contributed by atoms with van der Waals surface area (Å²) in [7, 11) is 1.71. The van der Waals surface area contributed by atoms with Gasteiger partial charge < -0.3 is 10.0 Å². The van der Waals surface area contributed by atoms with Crippen LogP contribution in [0.3, 0.4) is 0 Å². The SMILES string of the molecule is Cc1ccccc1[C@H](C)N(C)C(=O)Cc1ccc(C(=O)O)c(F)c1. The summed E-state index contributed by atoms with van der Waals surface area (Å²) >= 11 is 0. The Labute approximate surface area is 140 Å². The minimum atomic E-state index is -1.32. The lowest BCUT2D eigenvalue weighted by Gasteiger charge is -2.26. The molecule has 1 atom stereocenters. The number of benzene rings is 2. The van der Waals surface area contributed by atoms with Crippen molar-refractivity contribution < 1.29 is 19.1 Å². The van der Waals surface area contributed by atoms with Crippen LogP contribution in [-0.4, -0.2) is 28.9 Å². The molecule has 0 aliphatic heterocycles. The van der Waals surface area contributed by atoms with Crippen LogP contribution in [0, 0.1) is 12.7 Å². The molecule has 0 radical (unpaired) electrons. The molecule has 0 spiro atoms. The molecule has 1 amide bonds. The highest BCUT2D eigenvalue weighted by atomic mass is 19.1. The van der Waals surface area contributed by atoms with Crippen molar-refractivity contribution in [3.8, 4) is 0 Å². The van der Waals surface area contributed by atoms with Gasteiger partial charge in [0, 0.05) is 7.05 Å². The van der Waals surface area contributed by atoms with Gasteiger partial charge in [-0.25, -0.2) is 9.18 Å². The number of aromatic carboxylic acids is 1. The molecule has 0 saturated heterocycles. The van der Waals surface area contributed by atoms with Gasteiger partial charge in [0.25, 0.3) is 0 Å². The van der Waals surface area contributed by atoms with Crippen LogP contribution < -0.4 is 0 Å². The summed E-state index contributed by atoms with van der Waals surface area (Å²) in [6.07, 6.45) is 0.0174. The van der Waals surface area contributed by atoms with Gasteiger partial charge in [0.15, 0.2) is 0 Å². The number of carboxylic acids is 1. The third-order valence-electron chi connectivity index (χ3n) is 4.23. The minimum Gasteiger partial charge on any atom is -0.478 e. The monoisotopic (exact) mass is 329 g/mol. The van der Waals surface area contributed by atoms with E-state index < -0.39 is 17.3 Å². The molecule has 1 N–H and O–H groups in total. The number of amides is 1. The van der Waals surface area contributed by atoms with Gasteiger partial charge in [-0.3, -0.25) is 4.79 Å². The third-order valence-corrected chi connectivity index (χ3v) is 4.23. The van der Waals surface area contributed by atoms with E-state index in [9.17, 15) is 14.0 Å². The van der Waals surface area contributed by atoms with Gasteiger partial charge in [-0.15, -0.1) is 0 Å². The molecule has 2 aromatic rings. The van der Waals surface area contributed by atoms with E-state index in [0.717, 1.165) is 17.2 Å². The van der Waals surface area contributed by atoms with Crippen molar-refractivity contribution in [3.63, 3.8) is 0 Å². The molecule has 126 valence electrons. The zero-order valence-electron chi connectivity index (χ0n) is 13.9. The summed E-state index contributed by atoms with van der Waals surface area (Å²) in [6.45, 7) is 3.93. The van der Waals surface area contributed by atoms with Crippen molar-refractivity contribution in [3.05, 3.63) is 70.5 Å². The minimum absolute atomic E-state index is 0.0174. The molecule has 5 heteroatoms. The number of hydrogen-bond acceptors (Lipinski definition) is 2. The number of carbonyl (C=O) groups is 2. The predicted octanol–water partition coefficient (Wildman–Crippen LogP) is 3.59. The van der Waals surface area contributed by atoms with E-state index in [2.05, 4.69) is 0 Å². The average Bonchev–Trinajstić information content (AvgIpc) is 2.53. The number of likely N-dealkylation sites (N-methyl/N-ethyl adjacent to an activating group) is 1. The quantitative estimate of drug-likeness (QED) is 0.912. The Bertz CT molecular complexity index is 773. The second-order valence-corrected chi connectivity index (χ2v) is 5.83. The van der Waals surface area contributed by atoms with E-state index in [0.29, 0.717) is 5.56 Å². The van der Waals surface area contributed by atoms with Gasteiger partial charge in [-0.2, -0.15) is 0 Å². The summed E-state index contributed by atoms with van der Waals surface area (Å²) < 4.78 is 13.7. The number of halogens is 1. The van der Waals surface area contributed by atoms with Crippen LogP contribution in [-0.2, 0) is 11.2 Å². The lowest BCUT2D eigenvalue weighted by atomic mass is 10.0. The highest BCUT2D eigenvalue weighted by Crippen LogP contribution is 2.23. The topological polar surface area (TPSA) is 57.6 Å². The Morgan fingerprint density at radius 1 is 1.21 bits per heavy atom. The number of carboxylic acid groups (broad SMARTS) is 1. The second kappa shape index (κ2) is 7.25. The first-order valence-corrected chi connectivity index (χ1v) is 7.64. The summed E-state index contributed by atoms with van der Waals surface area (Å²) in [5, 5.41) is 8.84. The number of aryl methyl sites for hydroxylation is 1. The maximum atomic E-state index is 13.7. The van der Waals surface area contributed by atoms with Crippen molar-refractivity contribution in [2.45, 2.75) is 26.3 Å². The molecule has 2 rings (SSSR count). The van der Waals surface area contributed by atoms with E-state index >= 15 is 0 Å². The van der Waals surface area contributed by atoms with Crippen LogP contribution in [0.2, 0.25) is 0 Å². The van der Waals surface area contributed by atoms with E-state index in [1.165, 1.54) is 12.1 Å². The largest absolute Gasteiger partial charge is 0.478 e. The van der Waals surface area contributed by atoms with E-state index in [-0.39, 0.29) is 18.4 Å².